The normalized spacial score (nSPS) is 12.5. The van der Waals surface area contributed by atoms with Gasteiger partial charge in [0.25, 0.3) is 0 Å². The summed E-state index contributed by atoms with van der Waals surface area (Å²) in [6.45, 7) is 8.77. The van der Waals surface area contributed by atoms with Crippen molar-refractivity contribution in [3.8, 4) is 6.07 Å². The van der Waals surface area contributed by atoms with Crippen LogP contribution < -0.4 is 5.32 Å². The standard InChI is InChI=1S/C19H22N2/c1-14(16-9-7-8-15(12-16)13-20)21-18-11-6-5-10-17(18)19(2,3)4/h5-12,14,21H,1-4H3. The van der Waals surface area contributed by atoms with E-state index in [9.17, 15) is 0 Å². The summed E-state index contributed by atoms with van der Waals surface area (Å²) in [5.74, 6) is 0. The van der Waals surface area contributed by atoms with Crippen LogP contribution >= 0.6 is 0 Å². The van der Waals surface area contributed by atoms with Gasteiger partial charge in [0.15, 0.2) is 0 Å². The summed E-state index contributed by atoms with van der Waals surface area (Å²) in [7, 11) is 0. The third kappa shape index (κ3) is 3.64. The molecule has 1 atom stereocenters. The molecule has 2 nitrogen and oxygen atoms in total. The molecule has 0 aliphatic heterocycles. The van der Waals surface area contributed by atoms with Crippen LogP contribution in [0.4, 0.5) is 5.69 Å². The van der Waals surface area contributed by atoms with E-state index < -0.39 is 0 Å². The predicted molar refractivity (Wildman–Crippen MR) is 88.3 cm³/mol. The maximum atomic E-state index is 9.01. The molecule has 21 heavy (non-hydrogen) atoms. The fourth-order valence-corrected chi connectivity index (χ4v) is 2.46. The van der Waals surface area contributed by atoms with Crippen LogP contribution in [0.5, 0.6) is 0 Å². The minimum absolute atomic E-state index is 0.0951. The van der Waals surface area contributed by atoms with Gasteiger partial charge in [-0.05, 0) is 41.7 Å². The van der Waals surface area contributed by atoms with Gasteiger partial charge < -0.3 is 5.32 Å². The third-order valence-corrected chi connectivity index (χ3v) is 3.62. The number of nitriles is 1. The molecule has 0 aromatic heterocycles. The van der Waals surface area contributed by atoms with Crippen molar-refractivity contribution >= 4 is 5.69 Å². The quantitative estimate of drug-likeness (QED) is 0.854. The molecule has 0 saturated carbocycles. The van der Waals surface area contributed by atoms with E-state index in [1.54, 1.807) is 0 Å². The van der Waals surface area contributed by atoms with Crippen molar-refractivity contribution in [1.82, 2.24) is 0 Å². The van der Waals surface area contributed by atoms with Crippen LogP contribution in [0, 0.1) is 11.3 Å². The van der Waals surface area contributed by atoms with Gasteiger partial charge in [0.05, 0.1) is 11.6 Å². The molecule has 0 heterocycles. The lowest BCUT2D eigenvalue weighted by atomic mass is 9.85. The van der Waals surface area contributed by atoms with Crippen LogP contribution in [0.1, 0.15) is 50.4 Å². The van der Waals surface area contributed by atoms with Crippen LogP contribution in [0.25, 0.3) is 0 Å². The Hall–Kier alpha value is -2.27. The van der Waals surface area contributed by atoms with Gasteiger partial charge in [-0.2, -0.15) is 5.26 Å². The first-order valence-corrected chi connectivity index (χ1v) is 7.28. The molecule has 0 bridgehead atoms. The molecule has 108 valence electrons. The van der Waals surface area contributed by atoms with Gasteiger partial charge in [-0.1, -0.05) is 51.1 Å². The van der Waals surface area contributed by atoms with Gasteiger partial charge in [-0.15, -0.1) is 0 Å². The zero-order valence-electron chi connectivity index (χ0n) is 13.1. The first-order valence-electron chi connectivity index (χ1n) is 7.28. The number of hydrogen-bond acceptors (Lipinski definition) is 2. The van der Waals surface area contributed by atoms with Gasteiger partial charge in [0.2, 0.25) is 0 Å². The molecule has 2 aromatic carbocycles. The lowest BCUT2D eigenvalue weighted by Crippen LogP contribution is -2.16. The molecule has 0 fully saturated rings. The Morgan fingerprint density at radius 1 is 1.05 bits per heavy atom. The van der Waals surface area contributed by atoms with Gasteiger partial charge in [-0.3, -0.25) is 0 Å². The highest BCUT2D eigenvalue weighted by molar-refractivity contribution is 5.55. The maximum Gasteiger partial charge on any atom is 0.0991 e. The summed E-state index contributed by atoms with van der Waals surface area (Å²) in [6, 6.07) is 18.5. The van der Waals surface area contributed by atoms with Crippen LogP contribution in [0.15, 0.2) is 48.5 Å². The average Bonchev–Trinajstić information content (AvgIpc) is 2.46. The summed E-state index contributed by atoms with van der Waals surface area (Å²) in [5, 5.41) is 12.6. The molecule has 0 saturated heterocycles. The predicted octanol–water partition coefficient (Wildman–Crippen LogP) is 5.03. The van der Waals surface area contributed by atoms with Gasteiger partial charge >= 0.3 is 0 Å². The van der Waals surface area contributed by atoms with E-state index >= 15 is 0 Å². The Labute approximate surface area is 127 Å². The molecular formula is C19H22N2. The Kier molecular flexibility index (Phi) is 4.33. The molecule has 2 heteroatoms. The topological polar surface area (TPSA) is 35.8 Å². The van der Waals surface area contributed by atoms with E-state index in [2.05, 4.69) is 69.4 Å². The number of nitrogens with one attached hydrogen (secondary N) is 1. The van der Waals surface area contributed by atoms with Crippen molar-refractivity contribution < 1.29 is 0 Å². The summed E-state index contributed by atoms with van der Waals surface area (Å²) < 4.78 is 0. The second kappa shape index (κ2) is 6.01. The van der Waals surface area contributed by atoms with Gasteiger partial charge in [-0.25, -0.2) is 0 Å². The fraction of sp³-hybridized carbons (Fsp3) is 0.316. The van der Waals surface area contributed by atoms with Gasteiger partial charge in [0.1, 0.15) is 0 Å². The molecule has 0 radical (unpaired) electrons. The zero-order chi connectivity index (χ0) is 15.5. The minimum Gasteiger partial charge on any atom is -0.378 e. The Morgan fingerprint density at radius 2 is 1.76 bits per heavy atom. The summed E-state index contributed by atoms with van der Waals surface area (Å²) >= 11 is 0. The van der Waals surface area contributed by atoms with E-state index in [1.807, 2.05) is 18.2 Å². The molecule has 0 amide bonds. The first kappa shape index (κ1) is 15.1. The van der Waals surface area contributed by atoms with Crippen molar-refractivity contribution in [3.05, 3.63) is 65.2 Å². The molecule has 1 unspecified atom stereocenters. The van der Waals surface area contributed by atoms with Crippen LogP contribution in [0.2, 0.25) is 0 Å². The van der Waals surface area contributed by atoms with Crippen molar-refractivity contribution in [2.45, 2.75) is 39.2 Å². The Morgan fingerprint density at radius 3 is 2.43 bits per heavy atom. The summed E-state index contributed by atoms with van der Waals surface area (Å²) in [5.41, 5.74) is 4.37. The lowest BCUT2D eigenvalue weighted by Gasteiger charge is -2.25. The average molecular weight is 278 g/mol. The fourth-order valence-electron chi connectivity index (χ4n) is 2.46. The number of hydrogen-bond donors (Lipinski definition) is 1. The highest BCUT2D eigenvalue weighted by Crippen LogP contribution is 2.31. The second-order valence-corrected chi connectivity index (χ2v) is 6.40. The SMILES string of the molecule is CC(Nc1ccccc1C(C)(C)C)c1cccc(C#N)c1. The zero-order valence-corrected chi connectivity index (χ0v) is 13.1. The largest absolute Gasteiger partial charge is 0.378 e. The van der Waals surface area contributed by atoms with Crippen molar-refractivity contribution in [2.75, 3.05) is 5.32 Å². The molecule has 2 rings (SSSR count). The monoisotopic (exact) mass is 278 g/mol. The number of para-hydroxylation sites is 1. The van der Waals surface area contributed by atoms with Crippen molar-refractivity contribution in [2.24, 2.45) is 0 Å². The molecule has 0 aliphatic carbocycles. The number of anilines is 1. The lowest BCUT2D eigenvalue weighted by molar-refractivity contribution is 0.590. The smallest absolute Gasteiger partial charge is 0.0991 e. The van der Waals surface area contributed by atoms with Gasteiger partial charge in [0, 0.05) is 11.7 Å². The van der Waals surface area contributed by atoms with Crippen LogP contribution in [0.3, 0.4) is 0 Å². The first-order chi connectivity index (χ1) is 9.91. The third-order valence-electron chi connectivity index (χ3n) is 3.62. The second-order valence-electron chi connectivity index (χ2n) is 6.40. The molecular weight excluding hydrogens is 256 g/mol. The number of benzene rings is 2. The highest BCUT2D eigenvalue weighted by Gasteiger charge is 2.18. The Balaban J connectivity index is 2.28. The Bertz CT molecular complexity index is 660. The van der Waals surface area contributed by atoms with E-state index in [0.717, 1.165) is 11.3 Å². The van der Waals surface area contributed by atoms with E-state index in [4.69, 9.17) is 5.26 Å². The highest BCUT2D eigenvalue weighted by atomic mass is 14.9. The minimum atomic E-state index is 0.0951. The van der Waals surface area contributed by atoms with E-state index in [0.29, 0.717) is 5.56 Å². The van der Waals surface area contributed by atoms with E-state index in [1.165, 1.54) is 5.56 Å². The van der Waals surface area contributed by atoms with Crippen molar-refractivity contribution in [1.29, 1.82) is 5.26 Å². The van der Waals surface area contributed by atoms with Crippen LogP contribution in [-0.4, -0.2) is 0 Å². The van der Waals surface area contributed by atoms with E-state index in [-0.39, 0.29) is 11.5 Å². The maximum absolute atomic E-state index is 9.01. The number of nitrogens with zero attached hydrogens (tertiary/aromatic N) is 1. The molecule has 0 spiro atoms. The summed E-state index contributed by atoms with van der Waals surface area (Å²) in [6.07, 6.45) is 0. The van der Waals surface area contributed by atoms with Crippen LogP contribution in [-0.2, 0) is 5.41 Å². The molecule has 0 aliphatic rings. The molecule has 1 N–H and O–H groups in total. The van der Waals surface area contributed by atoms with Crippen molar-refractivity contribution in [3.63, 3.8) is 0 Å². The molecule has 2 aromatic rings. The number of rotatable bonds is 3. The summed E-state index contributed by atoms with van der Waals surface area (Å²) in [4.78, 5) is 0.